The normalized spacial score (nSPS) is 18.5. The first kappa shape index (κ1) is 15.0. The third-order valence-corrected chi connectivity index (χ3v) is 3.62. The molecule has 1 aromatic rings. The Hall–Kier alpha value is -1.39. The highest BCUT2D eigenvalue weighted by atomic mass is 16.5. The summed E-state index contributed by atoms with van der Waals surface area (Å²) in [7, 11) is 1.67. The molecule has 0 unspecified atom stereocenters. The van der Waals surface area contributed by atoms with E-state index in [2.05, 4.69) is 0 Å². The number of carbonyl (C=O) groups excluding carboxylic acids is 1. The van der Waals surface area contributed by atoms with Crippen molar-refractivity contribution in [3.63, 3.8) is 0 Å². The molecule has 0 N–H and O–H groups in total. The maximum absolute atomic E-state index is 12.4. The Kier molecular flexibility index (Phi) is 5.56. The van der Waals surface area contributed by atoms with Crippen LogP contribution in [-0.2, 0) is 9.47 Å². The van der Waals surface area contributed by atoms with E-state index in [4.69, 9.17) is 9.47 Å². The molecule has 4 heteroatoms. The van der Waals surface area contributed by atoms with Crippen LogP contribution < -0.4 is 0 Å². The third-order valence-electron chi connectivity index (χ3n) is 3.62. The molecule has 20 heavy (non-hydrogen) atoms. The van der Waals surface area contributed by atoms with Gasteiger partial charge in [-0.2, -0.15) is 0 Å². The van der Waals surface area contributed by atoms with Crippen LogP contribution in [0.15, 0.2) is 24.3 Å². The lowest BCUT2D eigenvalue weighted by Gasteiger charge is -2.17. The van der Waals surface area contributed by atoms with Crippen LogP contribution in [-0.4, -0.2) is 50.8 Å². The number of benzene rings is 1. The van der Waals surface area contributed by atoms with Gasteiger partial charge in [0.2, 0.25) is 0 Å². The summed E-state index contributed by atoms with van der Waals surface area (Å²) in [5.41, 5.74) is 1.90. The second-order valence-electron chi connectivity index (χ2n) is 5.34. The zero-order valence-electron chi connectivity index (χ0n) is 12.3. The van der Waals surface area contributed by atoms with E-state index in [1.54, 1.807) is 7.11 Å². The van der Waals surface area contributed by atoms with Gasteiger partial charge in [0.15, 0.2) is 0 Å². The average Bonchev–Trinajstić information content (AvgIpc) is 2.91. The van der Waals surface area contributed by atoms with Crippen LogP contribution in [0.25, 0.3) is 0 Å². The summed E-state index contributed by atoms with van der Waals surface area (Å²) in [5, 5.41) is 0. The lowest BCUT2D eigenvalue weighted by Crippen LogP contribution is -2.29. The first-order valence-corrected chi connectivity index (χ1v) is 7.13. The molecular formula is C16H23NO3. The Morgan fingerprint density at radius 2 is 2.25 bits per heavy atom. The van der Waals surface area contributed by atoms with Gasteiger partial charge >= 0.3 is 0 Å². The number of aryl methyl sites for hydroxylation is 1. The summed E-state index contributed by atoms with van der Waals surface area (Å²) < 4.78 is 10.5. The summed E-state index contributed by atoms with van der Waals surface area (Å²) in [6.45, 7) is 5.58. The molecule has 2 rings (SSSR count). The van der Waals surface area contributed by atoms with Crippen LogP contribution in [0, 0.1) is 12.8 Å². The molecule has 1 atom stereocenters. The molecule has 1 amide bonds. The highest BCUT2D eigenvalue weighted by Crippen LogP contribution is 2.19. The van der Waals surface area contributed by atoms with E-state index in [-0.39, 0.29) is 5.91 Å². The molecule has 0 aliphatic carbocycles. The fourth-order valence-corrected chi connectivity index (χ4v) is 2.51. The highest BCUT2D eigenvalue weighted by molar-refractivity contribution is 5.94. The van der Waals surface area contributed by atoms with Crippen molar-refractivity contribution >= 4 is 5.91 Å². The summed E-state index contributed by atoms with van der Waals surface area (Å²) >= 11 is 0. The van der Waals surface area contributed by atoms with Gasteiger partial charge in [-0.25, -0.2) is 0 Å². The van der Waals surface area contributed by atoms with Crippen molar-refractivity contribution in [2.45, 2.75) is 13.3 Å². The first-order valence-electron chi connectivity index (χ1n) is 7.13. The number of amides is 1. The Morgan fingerprint density at radius 1 is 1.40 bits per heavy atom. The standard InChI is InChI=1S/C16H23NO3/c1-13-4-3-5-15(10-13)16(18)17-7-6-14(11-17)12-20-9-8-19-2/h3-5,10,14H,6-9,11-12H2,1-2H3/t14-/m1/s1. The number of likely N-dealkylation sites (tertiary alicyclic amines) is 1. The minimum Gasteiger partial charge on any atom is -0.382 e. The number of rotatable bonds is 6. The molecule has 1 saturated heterocycles. The van der Waals surface area contributed by atoms with Crippen molar-refractivity contribution in [3.05, 3.63) is 35.4 Å². The highest BCUT2D eigenvalue weighted by Gasteiger charge is 2.26. The van der Waals surface area contributed by atoms with E-state index in [1.807, 2.05) is 36.1 Å². The van der Waals surface area contributed by atoms with Gasteiger partial charge in [0.1, 0.15) is 0 Å². The number of hydrogen-bond acceptors (Lipinski definition) is 3. The molecule has 1 heterocycles. The zero-order chi connectivity index (χ0) is 14.4. The van der Waals surface area contributed by atoms with E-state index in [1.165, 1.54) is 0 Å². The van der Waals surface area contributed by atoms with Crippen molar-refractivity contribution in [1.29, 1.82) is 0 Å². The van der Waals surface area contributed by atoms with Crippen LogP contribution >= 0.6 is 0 Å². The van der Waals surface area contributed by atoms with Crippen LogP contribution in [0.3, 0.4) is 0 Å². The third kappa shape index (κ3) is 4.05. The lowest BCUT2D eigenvalue weighted by molar-refractivity contribution is 0.0515. The lowest BCUT2D eigenvalue weighted by atomic mass is 10.1. The molecule has 110 valence electrons. The van der Waals surface area contributed by atoms with Gasteiger partial charge in [-0.1, -0.05) is 17.7 Å². The fraction of sp³-hybridized carbons (Fsp3) is 0.562. The predicted octanol–water partition coefficient (Wildman–Crippen LogP) is 2.12. The number of carbonyl (C=O) groups is 1. The number of nitrogens with zero attached hydrogens (tertiary/aromatic N) is 1. The van der Waals surface area contributed by atoms with Crippen LogP contribution in [0.2, 0.25) is 0 Å². The summed E-state index contributed by atoms with van der Waals surface area (Å²) in [4.78, 5) is 14.3. The van der Waals surface area contributed by atoms with Crippen LogP contribution in [0.1, 0.15) is 22.3 Å². The van der Waals surface area contributed by atoms with Gasteiger partial charge in [-0.15, -0.1) is 0 Å². The fourth-order valence-electron chi connectivity index (χ4n) is 2.51. The minimum absolute atomic E-state index is 0.132. The second kappa shape index (κ2) is 7.41. The molecule has 0 bridgehead atoms. The average molecular weight is 277 g/mol. The van der Waals surface area contributed by atoms with Gasteiger partial charge < -0.3 is 14.4 Å². The van der Waals surface area contributed by atoms with Crippen LogP contribution in [0.4, 0.5) is 0 Å². The van der Waals surface area contributed by atoms with E-state index in [0.29, 0.717) is 25.7 Å². The van der Waals surface area contributed by atoms with Crippen molar-refractivity contribution in [1.82, 2.24) is 4.90 Å². The Balaban J connectivity index is 1.81. The molecule has 0 saturated carbocycles. The Labute approximate surface area is 120 Å². The quantitative estimate of drug-likeness (QED) is 0.748. The molecule has 1 fully saturated rings. The predicted molar refractivity (Wildman–Crippen MR) is 77.9 cm³/mol. The molecule has 0 spiro atoms. The van der Waals surface area contributed by atoms with E-state index in [0.717, 1.165) is 30.6 Å². The van der Waals surface area contributed by atoms with E-state index >= 15 is 0 Å². The number of hydrogen-bond donors (Lipinski definition) is 0. The molecule has 0 aromatic heterocycles. The van der Waals surface area contributed by atoms with Crippen LogP contribution in [0.5, 0.6) is 0 Å². The topological polar surface area (TPSA) is 38.8 Å². The summed E-state index contributed by atoms with van der Waals surface area (Å²) in [6.07, 6.45) is 1.02. The molecule has 1 aromatic carbocycles. The number of methoxy groups -OCH3 is 1. The smallest absolute Gasteiger partial charge is 0.253 e. The van der Waals surface area contributed by atoms with Gasteiger partial charge in [0, 0.05) is 31.7 Å². The second-order valence-corrected chi connectivity index (χ2v) is 5.34. The van der Waals surface area contributed by atoms with E-state index < -0.39 is 0 Å². The largest absolute Gasteiger partial charge is 0.382 e. The van der Waals surface area contributed by atoms with Crippen molar-refractivity contribution in [2.75, 3.05) is 40.0 Å². The first-order chi connectivity index (χ1) is 9.70. The van der Waals surface area contributed by atoms with Gasteiger partial charge in [0.05, 0.1) is 19.8 Å². The summed E-state index contributed by atoms with van der Waals surface area (Å²) in [5.74, 6) is 0.578. The monoisotopic (exact) mass is 277 g/mol. The van der Waals surface area contributed by atoms with Crippen molar-refractivity contribution in [2.24, 2.45) is 5.92 Å². The molecule has 1 aliphatic rings. The number of ether oxygens (including phenoxy) is 2. The SMILES string of the molecule is COCCOC[C@@H]1CCN(C(=O)c2cccc(C)c2)C1. The molecule has 1 aliphatic heterocycles. The van der Waals surface area contributed by atoms with E-state index in [9.17, 15) is 4.79 Å². The molecule has 4 nitrogen and oxygen atoms in total. The zero-order valence-corrected chi connectivity index (χ0v) is 12.3. The summed E-state index contributed by atoms with van der Waals surface area (Å²) in [6, 6.07) is 7.78. The molecule has 0 radical (unpaired) electrons. The van der Waals surface area contributed by atoms with Gasteiger partial charge in [0.25, 0.3) is 5.91 Å². The maximum atomic E-state index is 12.4. The minimum atomic E-state index is 0.132. The van der Waals surface area contributed by atoms with Crippen molar-refractivity contribution < 1.29 is 14.3 Å². The van der Waals surface area contributed by atoms with Gasteiger partial charge in [-0.05, 0) is 25.5 Å². The molecular weight excluding hydrogens is 254 g/mol. The maximum Gasteiger partial charge on any atom is 0.253 e. The Bertz CT molecular complexity index is 447. The Morgan fingerprint density at radius 3 is 3.00 bits per heavy atom. The van der Waals surface area contributed by atoms with Gasteiger partial charge in [-0.3, -0.25) is 4.79 Å². The van der Waals surface area contributed by atoms with Crippen molar-refractivity contribution in [3.8, 4) is 0 Å².